The third-order valence-corrected chi connectivity index (χ3v) is 4.22. The molecule has 0 bridgehead atoms. The van der Waals surface area contributed by atoms with Gasteiger partial charge < -0.3 is 4.42 Å². The van der Waals surface area contributed by atoms with E-state index in [9.17, 15) is 0 Å². The van der Waals surface area contributed by atoms with Gasteiger partial charge in [0.15, 0.2) is 0 Å². The molecule has 2 rings (SSSR count). The predicted octanol–water partition coefficient (Wildman–Crippen LogP) is 5.30. The third kappa shape index (κ3) is 4.22. The van der Waals surface area contributed by atoms with Crippen molar-refractivity contribution in [2.45, 2.75) is 48.0 Å². The predicted molar refractivity (Wildman–Crippen MR) is 92.4 cm³/mol. The lowest BCUT2D eigenvalue weighted by molar-refractivity contribution is 0.465. The highest BCUT2D eigenvalue weighted by molar-refractivity contribution is 14.1. The van der Waals surface area contributed by atoms with Gasteiger partial charge in [-0.25, -0.2) is 0 Å². The highest BCUT2D eigenvalue weighted by Crippen LogP contribution is 2.37. The summed E-state index contributed by atoms with van der Waals surface area (Å²) in [5, 5.41) is 8.82. The Hall–Kier alpha value is -0.560. The molecule has 0 aliphatic rings. The molecular weight excluding hydrogens is 383 g/mol. The molecule has 0 saturated carbocycles. The summed E-state index contributed by atoms with van der Waals surface area (Å²) in [6, 6.07) is 8.32. The molecule has 0 aliphatic heterocycles. The number of halogens is 1. The fourth-order valence-electron chi connectivity index (χ4n) is 1.69. The topological polar surface area (TPSA) is 38.9 Å². The number of nitrogens with zero attached hydrogens (tertiary/aromatic N) is 2. The van der Waals surface area contributed by atoms with E-state index in [-0.39, 0.29) is 8.17 Å². The van der Waals surface area contributed by atoms with Gasteiger partial charge in [0.05, 0.1) is 2.75 Å². The van der Waals surface area contributed by atoms with Crippen molar-refractivity contribution >= 4 is 34.4 Å². The Balaban J connectivity index is 2.20. The van der Waals surface area contributed by atoms with E-state index in [1.165, 1.54) is 5.56 Å². The highest BCUT2D eigenvalue weighted by Gasteiger charge is 2.20. The van der Waals surface area contributed by atoms with E-state index in [4.69, 9.17) is 4.42 Å². The summed E-state index contributed by atoms with van der Waals surface area (Å²) in [7, 11) is 0. The van der Waals surface area contributed by atoms with Gasteiger partial charge in [0.25, 0.3) is 5.22 Å². The standard InChI is InChI=1S/C15H19IN2OS/c1-14(2,3)11-8-6-10(7-9-11)12-17-18-13(19-12)20-15(4,5)16/h6-9H,1-5H3. The summed E-state index contributed by atoms with van der Waals surface area (Å²) in [5.41, 5.74) is 2.41. The summed E-state index contributed by atoms with van der Waals surface area (Å²) < 4.78 is 5.75. The lowest BCUT2D eigenvalue weighted by Crippen LogP contribution is -2.10. The van der Waals surface area contributed by atoms with Crippen molar-refractivity contribution < 1.29 is 4.42 Å². The zero-order valence-electron chi connectivity index (χ0n) is 12.4. The minimum atomic E-state index is 0.0393. The van der Waals surface area contributed by atoms with Gasteiger partial charge in [-0.05, 0) is 48.7 Å². The van der Waals surface area contributed by atoms with Crippen LogP contribution in [0, 0.1) is 0 Å². The van der Waals surface area contributed by atoms with Crippen molar-refractivity contribution in [3.05, 3.63) is 29.8 Å². The molecule has 1 heterocycles. The number of benzene rings is 1. The van der Waals surface area contributed by atoms with Gasteiger partial charge in [0.1, 0.15) is 0 Å². The van der Waals surface area contributed by atoms with Crippen molar-refractivity contribution in [3.8, 4) is 11.5 Å². The fraction of sp³-hybridized carbons (Fsp3) is 0.467. The van der Waals surface area contributed by atoms with Crippen LogP contribution in [0.15, 0.2) is 33.9 Å². The first kappa shape index (κ1) is 15.8. The van der Waals surface area contributed by atoms with E-state index >= 15 is 0 Å². The van der Waals surface area contributed by atoms with Crippen LogP contribution in [0.4, 0.5) is 0 Å². The zero-order valence-corrected chi connectivity index (χ0v) is 15.4. The first-order valence-corrected chi connectivity index (χ1v) is 8.37. The fourth-order valence-corrected chi connectivity index (χ4v) is 2.87. The van der Waals surface area contributed by atoms with Crippen LogP contribution in [-0.2, 0) is 5.41 Å². The molecule has 0 saturated heterocycles. The molecule has 1 aromatic carbocycles. The van der Waals surface area contributed by atoms with Crippen LogP contribution >= 0.6 is 34.4 Å². The molecule has 0 N–H and O–H groups in total. The Kier molecular flexibility index (Phi) is 4.49. The lowest BCUT2D eigenvalue weighted by Gasteiger charge is -2.18. The smallest absolute Gasteiger partial charge is 0.278 e. The summed E-state index contributed by atoms with van der Waals surface area (Å²) in [6.45, 7) is 10.8. The monoisotopic (exact) mass is 402 g/mol. The Morgan fingerprint density at radius 1 is 1.00 bits per heavy atom. The Bertz CT molecular complexity index is 579. The first-order chi connectivity index (χ1) is 9.15. The summed E-state index contributed by atoms with van der Waals surface area (Å²) in [5.74, 6) is 0.577. The number of hydrogen-bond donors (Lipinski definition) is 0. The molecule has 5 heteroatoms. The van der Waals surface area contributed by atoms with E-state index in [1.54, 1.807) is 11.8 Å². The van der Waals surface area contributed by atoms with Gasteiger partial charge in [-0.1, -0.05) is 55.5 Å². The molecule has 0 fully saturated rings. The molecule has 0 aliphatic carbocycles. The molecule has 20 heavy (non-hydrogen) atoms. The SMILES string of the molecule is CC(C)(I)Sc1nnc(-c2ccc(C(C)(C)C)cc2)o1. The number of aromatic nitrogens is 2. The molecule has 0 unspecified atom stereocenters. The molecule has 108 valence electrons. The van der Waals surface area contributed by atoms with Crippen LogP contribution < -0.4 is 0 Å². The minimum absolute atomic E-state index is 0.0393. The molecule has 1 aromatic heterocycles. The van der Waals surface area contributed by atoms with Crippen LogP contribution in [0.1, 0.15) is 40.2 Å². The van der Waals surface area contributed by atoms with Crippen molar-refractivity contribution in [1.82, 2.24) is 10.2 Å². The van der Waals surface area contributed by atoms with Gasteiger partial charge in [-0.15, -0.1) is 10.2 Å². The number of hydrogen-bond acceptors (Lipinski definition) is 4. The number of rotatable bonds is 3. The normalized spacial score (nSPS) is 12.7. The molecule has 0 amide bonds. The van der Waals surface area contributed by atoms with Crippen molar-refractivity contribution in [2.24, 2.45) is 0 Å². The Morgan fingerprint density at radius 3 is 2.10 bits per heavy atom. The Morgan fingerprint density at radius 2 is 1.60 bits per heavy atom. The van der Waals surface area contributed by atoms with Gasteiger partial charge in [-0.2, -0.15) is 0 Å². The van der Waals surface area contributed by atoms with E-state index in [2.05, 4.69) is 79.5 Å². The van der Waals surface area contributed by atoms with Crippen molar-refractivity contribution in [1.29, 1.82) is 0 Å². The maximum Gasteiger partial charge on any atom is 0.278 e. The molecule has 3 nitrogen and oxygen atoms in total. The van der Waals surface area contributed by atoms with E-state index in [1.807, 2.05) is 12.1 Å². The van der Waals surface area contributed by atoms with Gasteiger partial charge in [0.2, 0.25) is 5.89 Å². The zero-order chi connectivity index (χ0) is 15.0. The quantitative estimate of drug-likeness (QED) is 0.397. The summed E-state index contributed by atoms with van der Waals surface area (Å²) in [4.78, 5) is 0. The first-order valence-electron chi connectivity index (χ1n) is 6.47. The highest BCUT2D eigenvalue weighted by atomic mass is 127. The van der Waals surface area contributed by atoms with Crippen molar-refractivity contribution in [2.75, 3.05) is 0 Å². The maximum atomic E-state index is 5.71. The van der Waals surface area contributed by atoms with E-state index < -0.39 is 0 Å². The summed E-state index contributed by atoms with van der Waals surface area (Å²) >= 11 is 3.92. The van der Waals surface area contributed by atoms with Crippen LogP contribution in [0.3, 0.4) is 0 Å². The molecule has 2 aromatic rings. The van der Waals surface area contributed by atoms with Crippen LogP contribution in [0.2, 0.25) is 0 Å². The lowest BCUT2D eigenvalue weighted by atomic mass is 9.87. The van der Waals surface area contributed by atoms with Gasteiger partial charge >= 0.3 is 0 Å². The second kappa shape index (κ2) is 5.67. The largest absolute Gasteiger partial charge is 0.411 e. The molecule has 0 spiro atoms. The maximum absolute atomic E-state index is 5.71. The average molecular weight is 402 g/mol. The van der Waals surface area contributed by atoms with Crippen LogP contribution in [0.5, 0.6) is 0 Å². The van der Waals surface area contributed by atoms with E-state index in [0.29, 0.717) is 11.1 Å². The van der Waals surface area contributed by atoms with Gasteiger partial charge in [0, 0.05) is 5.56 Å². The molecule has 0 radical (unpaired) electrons. The van der Waals surface area contributed by atoms with Crippen LogP contribution in [-0.4, -0.2) is 13.0 Å². The Labute approximate surface area is 138 Å². The van der Waals surface area contributed by atoms with Crippen molar-refractivity contribution in [3.63, 3.8) is 0 Å². The number of thioether (sulfide) groups is 1. The minimum Gasteiger partial charge on any atom is -0.411 e. The summed E-state index contributed by atoms with van der Waals surface area (Å²) in [6.07, 6.45) is 0. The second-order valence-corrected chi connectivity index (χ2v) is 11.2. The second-order valence-electron chi connectivity index (χ2n) is 6.17. The van der Waals surface area contributed by atoms with Crippen LogP contribution in [0.25, 0.3) is 11.5 Å². The average Bonchev–Trinajstić information content (AvgIpc) is 2.74. The molecular formula is C15H19IN2OS. The number of alkyl halides is 1. The third-order valence-electron chi connectivity index (χ3n) is 2.73. The van der Waals surface area contributed by atoms with Gasteiger partial charge in [-0.3, -0.25) is 0 Å². The van der Waals surface area contributed by atoms with E-state index in [0.717, 1.165) is 5.56 Å². The molecule has 0 atom stereocenters.